The fourth-order valence-corrected chi connectivity index (χ4v) is 2.25. The van der Waals surface area contributed by atoms with E-state index in [9.17, 15) is 4.79 Å². The van der Waals surface area contributed by atoms with E-state index in [1.165, 1.54) is 0 Å². The van der Waals surface area contributed by atoms with Crippen molar-refractivity contribution in [3.63, 3.8) is 0 Å². The minimum absolute atomic E-state index is 0.162. The average Bonchev–Trinajstić information content (AvgIpc) is 2.94. The van der Waals surface area contributed by atoms with Gasteiger partial charge in [0.2, 0.25) is 0 Å². The van der Waals surface area contributed by atoms with Crippen LogP contribution in [0.25, 0.3) is 11.3 Å². The molecule has 1 aromatic heterocycles. The lowest BCUT2D eigenvalue weighted by molar-refractivity contribution is 0.0916. The lowest BCUT2D eigenvalue weighted by atomic mass is 10.2. The normalized spacial score (nSPS) is 10.4. The van der Waals surface area contributed by atoms with Crippen molar-refractivity contribution < 1.29 is 9.21 Å². The number of carbonyl (C=O) groups is 1. The number of nitrogens with one attached hydrogen (secondary N) is 3. The smallest absolute Gasteiger partial charge is 0.305 e. The highest BCUT2D eigenvalue weighted by molar-refractivity contribution is 7.80. The van der Waals surface area contributed by atoms with Gasteiger partial charge in [-0.25, -0.2) is 0 Å². The Bertz CT molecular complexity index is 685. The number of benzene rings is 1. The van der Waals surface area contributed by atoms with E-state index in [2.05, 4.69) is 16.2 Å². The number of furan rings is 1. The van der Waals surface area contributed by atoms with Crippen molar-refractivity contribution in [1.29, 1.82) is 0 Å². The minimum Gasteiger partial charge on any atom is -0.451 e. The van der Waals surface area contributed by atoms with Crippen LogP contribution in [0, 0.1) is 0 Å². The van der Waals surface area contributed by atoms with Crippen LogP contribution < -0.4 is 16.2 Å². The fraction of sp³-hybridized carbons (Fsp3) is 0.200. The van der Waals surface area contributed by atoms with Crippen molar-refractivity contribution in [2.24, 2.45) is 0 Å². The van der Waals surface area contributed by atoms with Crippen LogP contribution in [0.1, 0.15) is 24.4 Å². The molecule has 0 unspecified atom stereocenters. The number of rotatable bonds is 3. The van der Waals surface area contributed by atoms with Gasteiger partial charge < -0.3 is 9.73 Å². The molecule has 3 N–H and O–H groups in total. The highest BCUT2D eigenvalue weighted by Crippen LogP contribution is 2.28. The number of hydrogen-bond donors (Lipinski definition) is 3. The summed E-state index contributed by atoms with van der Waals surface area (Å²) in [7, 11) is 0. The third-order valence-electron chi connectivity index (χ3n) is 2.68. The van der Waals surface area contributed by atoms with Crippen molar-refractivity contribution in [3.8, 4) is 11.3 Å². The van der Waals surface area contributed by atoms with Gasteiger partial charge in [-0.3, -0.25) is 15.6 Å². The number of carbonyl (C=O) groups excluding carboxylic acids is 1. The third kappa shape index (κ3) is 4.22. The lowest BCUT2D eigenvalue weighted by Crippen LogP contribution is -2.48. The van der Waals surface area contributed by atoms with Crippen molar-refractivity contribution in [2.45, 2.75) is 19.9 Å². The van der Waals surface area contributed by atoms with Crippen LogP contribution in [0.4, 0.5) is 0 Å². The zero-order chi connectivity index (χ0) is 16.1. The Kier molecular flexibility index (Phi) is 5.41. The first kappa shape index (κ1) is 16.3. The van der Waals surface area contributed by atoms with Gasteiger partial charge in [0.1, 0.15) is 5.76 Å². The topological polar surface area (TPSA) is 66.3 Å². The summed E-state index contributed by atoms with van der Waals surface area (Å²) >= 11 is 11.1. The zero-order valence-electron chi connectivity index (χ0n) is 12.1. The Balaban J connectivity index is 2.01. The first-order valence-electron chi connectivity index (χ1n) is 6.69. The molecule has 0 bridgehead atoms. The molecular weight excluding hydrogens is 322 g/mol. The third-order valence-corrected chi connectivity index (χ3v) is 3.23. The summed E-state index contributed by atoms with van der Waals surface area (Å²) < 4.78 is 5.53. The monoisotopic (exact) mass is 337 g/mol. The van der Waals surface area contributed by atoms with Crippen molar-refractivity contribution >= 4 is 34.8 Å². The highest BCUT2D eigenvalue weighted by Gasteiger charge is 2.13. The summed E-state index contributed by atoms with van der Waals surface area (Å²) in [6, 6.07) is 10.7. The van der Waals surface area contributed by atoms with E-state index in [1.807, 2.05) is 32.0 Å². The van der Waals surface area contributed by atoms with Crippen LogP contribution in [0.15, 0.2) is 40.8 Å². The van der Waals surface area contributed by atoms with E-state index in [4.69, 9.17) is 28.2 Å². The molecule has 0 radical (unpaired) electrons. The molecule has 0 aliphatic rings. The van der Waals surface area contributed by atoms with Gasteiger partial charge in [-0.2, -0.15) is 0 Å². The number of amides is 1. The molecule has 1 aromatic carbocycles. The molecule has 2 aromatic rings. The molecule has 22 heavy (non-hydrogen) atoms. The molecule has 7 heteroatoms. The second kappa shape index (κ2) is 7.29. The summed E-state index contributed by atoms with van der Waals surface area (Å²) in [4.78, 5) is 12.0. The van der Waals surface area contributed by atoms with Crippen LogP contribution in [0.5, 0.6) is 0 Å². The van der Waals surface area contributed by atoms with Gasteiger partial charge in [0.05, 0.1) is 5.02 Å². The highest BCUT2D eigenvalue weighted by atomic mass is 35.5. The molecule has 0 fully saturated rings. The molecule has 0 saturated carbocycles. The van der Waals surface area contributed by atoms with Gasteiger partial charge in [-0.05, 0) is 50.3 Å². The van der Waals surface area contributed by atoms with Gasteiger partial charge in [0, 0.05) is 11.6 Å². The first-order valence-corrected chi connectivity index (χ1v) is 7.47. The van der Waals surface area contributed by atoms with E-state index in [0.29, 0.717) is 15.9 Å². The molecule has 0 saturated heterocycles. The van der Waals surface area contributed by atoms with Gasteiger partial charge in [-0.1, -0.05) is 23.7 Å². The molecule has 1 heterocycles. The predicted molar refractivity (Wildman–Crippen MR) is 90.6 cm³/mol. The number of halogens is 1. The Labute approximate surface area is 139 Å². The SMILES string of the molecule is CC(C)NC(=S)NNC(=O)c1ccc(-c2ccccc2Cl)o1. The number of hydrazine groups is 1. The van der Waals surface area contributed by atoms with Crippen LogP contribution >= 0.6 is 23.8 Å². The summed E-state index contributed by atoms with van der Waals surface area (Å²) in [5, 5.41) is 3.84. The summed E-state index contributed by atoms with van der Waals surface area (Å²) in [5.41, 5.74) is 5.80. The van der Waals surface area contributed by atoms with Gasteiger partial charge in [0.25, 0.3) is 0 Å². The van der Waals surface area contributed by atoms with Crippen molar-refractivity contribution in [2.75, 3.05) is 0 Å². The maximum atomic E-state index is 12.0. The molecule has 5 nitrogen and oxygen atoms in total. The summed E-state index contributed by atoms with van der Waals surface area (Å²) in [6.45, 7) is 3.89. The van der Waals surface area contributed by atoms with Gasteiger partial charge in [-0.15, -0.1) is 0 Å². The largest absolute Gasteiger partial charge is 0.451 e. The number of hydrogen-bond acceptors (Lipinski definition) is 3. The molecular formula is C15H16ClN3O2S. The van der Waals surface area contributed by atoms with Crippen molar-refractivity contribution in [3.05, 3.63) is 47.2 Å². The Morgan fingerprint density at radius 3 is 2.59 bits per heavy atom. The molecule has 2 rings (SSSR count). The molecule has 1 amide bonds. The van der Waals surface area contributed by atoms with Crippen LogP contribution in [-0.4, -0.2) is 17.1 Å². The van der Waals surface area contributed by atoms with Crippen LogP contribution in [-0.2, 0) is 0 Å². The fourth-order valence-electron chi connectivity index (χ4n) is 1.74. The van der Waals surface area contributed by atoms with Gasteiger partial charge in [0.15, 0.2) is 10.9 Å². The predicted octanol–water partition coefficient (Wildman–Crippen LogP) is 3.12. The standard InChI is InChI=1S/C15H16ClN3O2S/c1-9(2)17-15(22)19-18-14(20)13-8-7-12(21-13)10-5-3-4-6-11(10)16/h3-9H,1-2H3,(H,18,20)(H2,17,19,22). The maximum absolute atomic E-state index is 12.0. The van der Waals surface area contributed by atoms with E-state index in [0.717, 1.165) is 5.56 Å². The number of thiocarbonyl (C=S) groups is 1. The first-order chi connectivity index (χ1) is 10.5. The van der Waals surface area contributed by atoms with E-state index in [1.54, 1.807) is 18.2 Å². The van der Waals surface area contributed by atoms with E-state index < -0.39 is 5.91 Å². The second-order valence-corrected chi connectivity index (χ2v) is 5.67. The Morgan fingerprint density at radius 1 is 1.18 bits per heavy atom. The zero-order valence-corrected chi connectivity index (χ0v) is 13.7. The molecule has 0 aliphatic heterocycles. The summed E-state index contributed by atoms with van der Waals surface area (Å²) in [5.74, 6) is 0.264. The van der Waals surface area contributed by atoms with Gasteiger partial charge >= 0.3 is 5.91 Å². The van der Waals surface area contributed by atoms with Crippen LogP contribution in [0.2, 0.25) is 5.02 Å². The molecule has 0 atom stereocenters. The molecule has 0 spiro atoms. The lowest BCUT2D eigenvalue weighted by Gasteiger charge is -2.12. The average molecular weight is 338 g/mol. The maximum Gasteiger partial charge on any atom is 0.305 e. The van der Waals surface area contributed by atoms with E-state index >= 15 is 0 Å². The summed E-state index contributed by atoms with van der Waals surface area (Å²) in [6.07, 6.45) is 0. The van der Waals surface area contributed by atoms with Crippen molar-refractivity contribution in [1.82, 2.24) is 16.2 Å². The Hall–Kier alpha value is -2.05. The van der Waals surface area contributed by atoms with Crippen LogP contribution in [0.3, 0.4) is 0 Å². The van der Waals surface area contributed by atoms with E-state index in [-0.39, 0.29) is 11.8 Å². The molecule has 0 aliphatic carbocycles. The quantitative estimate of drug-likeness (QED) is 0.593. The minimum atomic E-state index is -0.425. The second-order valence-electron chi connectivity index (χ2n) is 4.85. The Morgan fingerprint density at radius 2 is 1.91 bits per heavy atom. The molecule has 116 valence electrons.